The van der Waals surface area contributed by atoms with Crippen LogP contribution >= 0.6 is 0 Å². The molecule has 0 saturated heterocycles. The first-order valence-corrected chi connectivity index (χ1v) is 8.49. The summed E-state index contributed by atoms with van der Waals surface area (Å²) in [4.78, 5) is 17.2. The Balaban J connectivity index is 1.63. The SMILES string of the molecule is Cc1cc(C(=O)Nc2ccc3c(c2)nc2n3CCCCC2)c(C)o1. The standard InChI is InChI=1S/C19H21N3O2/c1-12-10-15(13(2)24-12)19(23)20-14-7-8-17-16(11-14)21-18-6-4-3-5-9-22(17)18/h7-8,10-11H,3-6,9H2,1-2H3,(H,20,23). The van der Waals surface area contributed by atoms with Gasteiger partial charge in [0.15, 0.2) is 0 Å². The van der Waals surface area contributed by atoms with Crippen LogP contribution in [0.4, 0.5) is 5.69 Å². The molecule has 3 aromatic rings. The van der Waals surface area contributed by atoms with Crippen molar-refractivity contribution >= 4 is 22.6 Å². The Kier molecular flexibility index (Phi) is 3.63. The largest absolute Gasteiger partial charge is 0.466 e. The Morgan fingerprint density at radius 3 is 2.88 bits per heavy atom. The number of carbonyl (C=O) groups excluding carboxylic acids is 1. The smallest absolute Gasteiger partial charge is 0.259 e. The topological polar surface area (TPSA) is 60.1 Å². The van der Waals surface area contributed by atoms with E-state index in [0.29, 0.717) is 11.3 Å². The third-order valence-corrected chi connectivity index (χ3v) is 4.65. The average molecular weight is 323 g/mol. The predicted octanol–water partition coefficient (Wildman–Crippen LogP) is 4.22. The number of nitrogens with zero attached hydrogens (tertiary/aromatic N) is 2. The molecule has 124 valence electrons. The number of rotatable bonds is 2. The molecule has 0 unspecified atom stereocenters. The molecule has 0 saturated carbocycles. The van der Waals surface area contributed by atoms with Crippen molar-refractivity contribution in [2.75, 3.05) is 5.32 Å². The fourth-order valence-corrected chi connectivity index (χ4v) is 3.48. The summed E-state index contributed by atoms with van der Waals surface area (Å²) in [6, 6.07) is 7.72. The first-order valence-electron chi connectivity index (χ1n) is 8.49. The van der Waals surface area contributed by atoms with Crippen LogP contribution in [-0.2, 0) is 13.0 Å². The van der Waals surface area contributed by atoms with Crippen molar-refractivity contribution in [3.63, 3.8) is 0 Å². The van der Waals surface area contributed by atoms with E-state index in [2.05, 4.69) is 16.0 Å². The van der Waals surface area contributed by atoms with Crippen molar-refractivity contribution < 1.29 is 9.21 Å². The van der Waals surface area contributed by atoms with Gasteiger partial charge < -0.3 is 14.3 Å². The maximum absolute atomic E-state index is 12.4. The second kappa shape index (κ2) is 5.82. The zero-order valence-corrected chi connectivity index (χ0v) is 14.1. The lowest BCUT2D eigenvalue weighted by Crippen LogP contribution is -2.12. The molecule has 0 radical (unpaired) electrons. The normalized spacial score (nSPS) is 14.4. The molecule has 1 aromatic carbocycles. The molecule has 1 N–H and O–H groups in total. The molecule has 3 heterocycles. The van der Waals surface area contributed by atoms with Gasteiger partial charge in [0, 0.05) is 18.7 Å². The first-order chi connectivity index (χ1) is 11.6. The molecule has 1 aliphatic rings. The number of imidazole rings is 1. The molecule has 5 heteroatoms. The number of aryl methyl sites for hydroxylation is 4. The Labute approximate surface area is 140 Å². The maximum atomic E-state index is 12.4. The van der Waals surface area contributed by atoms with Crippen LogP contribution in [0.25, 0.3) is 11.0 Å². The van der Waals surface area contributed by atoms with Gasteiger partial charge >= 0.3 is 0 Å². The van der Waals surface area contributed by atoms with Gasteiger partial charge in [-0.15, -0.1) is 0 Å². The van der Waals surface area contributed by atoms with Crippen LogP contribution in [0, 0.1) is 13.8 Å². The second-order valence-electron chi connectivity index (χ2n) is 6.47. The van der Waals surface area contributed by atoms with Crippen molar-refractivity contribution in [3.8, 4) is 0 Å². The summed E-state index contributed by atoms with van der Waals surface area (Å²) in [5.74, 6) is 2.39. The van der Waals surface area contributed by atoms with Gasteiger partial charge in [0.1, 0.15) is 17.3 Å². The molecular weight excluding hydrogens is 302 g/mol. The molecule has 5 nitrogen and oxygen atoms in total. The molecule has 4 rings (SSSR count). The first kappa shape index (κ1) is 15.0. The minimum Gasteiger partial charge on any atom is -0.466 e. The third kappa shape index (κ3) is 2.60. The minimum absolute atomic E-state index is 0.149. The van der Waals surface area contributed by atoms with Crippen LogP contribution < -0.4 is 5.32 Å². The summed E-state index contributed by atoms with van der Waals surface area (Å²) < 4.78 is 7.75. The summed E-state index contributed by atoms with van der Waals surface area (Å²) >= 11 is 0. The maximum Gasteiger partial charge on any atom is 0.259 e. The molecule has 2 aromatic heterocycles. The lowest BCUT2D eigenvalue weighted by atomic mass is 10.2. The highest BCUT2D eigenvalue weighted by Crippen LogP contribution is 2.25. The molecule has 1 amide bonds. The highest BCUT2D eigenvalue weighted by Gasteiger charge is 2.16. The van der Waals surface area contributed by atoms with Crippen molar-refractivity contribution in [2.24, 2.45) is 0 Å². The number of benzene rings is 1. The van der Waals surface area contributed by atoms with E-state index in [-0.39, 0.29) is 5.91 Å². The van der Waals surface area contributed by atoms with Gasteiger partial charge in [0.05, 0.1) is 16.6 Å². The highest BCUT2D eigenvalue weighted by atomic mass is 16.3. The molecule has 0 aliphatic carbocycles. The lowest BCUT2D eigenvalue weighted by Gasteiger charge is -2.06. The van der Waals surface area contributed by atoms with Gasteiger partial charge in [0.25, 0.3) is 5.91 Å². The number of amides is 1. The number of hydrogen-bond donors (Lipinski definition) is 1. The number of anilines is 1. The molecular formula is C19H21N3O2. The van der Waals surface area contributed by atoms with E-state index < -0.39 is 0 Å². The average Bonchev–Trinajstić information content (AvgIpc) is 2.96. The van der Waals surface area contributed by atoms with E-state index in [4.69, 9.17) is 9.40 Å². The number of fused-ring (bicyclic) bond motifs is 3. The summed E-state index contributed by atoms with van der Waals surface area (Å²) in [6.45, 7) is 4.68. The minimum atomic E-state index is -0.149. The zero-order chi connectivity index (χ0) is 16.7. The Morgan fingerprint density at radius 2 is 2.08 bits per heavy atom. The van der Waals surface area contributed by atoms with Gasteiger partial charge in [-0.2, -0.15) is 0 Å². The summed E-state index contributed by atoms with van der Waals surface area (Å²) in [7, 11) is 0. The van der Waals surface area contributed by atoms with Crippen molar-refractivity contribution in [1.29, 1.82) is 0 Å². The van der Waals surface area contributed by atoms with Crippen LogP contribution in [0.5, 0.6) is 0 Å². The van der Waals surface area contributed by atoms with Crippen molar-refractivity contribution in [3.05, 3.63) is 47.2 Å². The predicted molar refractivity (Wildman–Crippen MR) is 93.4 cm³/mol. The van der Waals surface area contributed by atoms with E-state index in [1.54, 1.807) is 13.0 Å². The fraction of sp³-hybridized carbons (Fsp3) is 0.368. The van der Waals surface area contributed by atoms with Gasteiger partial charge in [-0.05, 0) is 51.0 Å². The number of hydrogen-bond acceptors (Lipinski definition) is 3. The lowest BCUT2D eigenvalue weighted by molar-refractivity contribution is 0.102. The summed E-state index contributed by atoms with van der Waals surface area (Å²) in [5, 5.41) is 2.95. The van der Waals surface area contributed by atoms with Crippen LogP contribution in [0.15, 0.2) is 28.7 Å². The van der Waals surface area contributed by atoms with E-state index in [1.165, 1.54) is 19.3 Å². The number of carbonyl (C=O) groups is 1. The van der Waals surface area contributed by atoms with Crippen molar-refractivity contribution in [2.45, 2.75) is 46.1 Å². The van der Waals surface area contributed by atoms with Gasteiger partial charge in [-0.1, -0.05) is 6.42 Å². The zero-order valence-electron chi connectivity index (χ0n) is 14.1. The second-order valence-corrected chi connectivity index (χ2v) is 6.47. The van der Waals surface area contributed by atoms with Crippen LogP contribution in [0.2, 0.25) is 0 Å². The fourth-order valence-electron chi connectivity index (χ4n) is 3.48. The van der Waals surface area contributed by atoms with E-state index in [0.717, 1.165) is 41.3 Å². The summed E-state index contributed by atoms with van der Waals surface area (Å²) in [6.07, 6.45) is 4.70. The van der Waals surface area contributed by atoms with Gasteiger partial charge in [0.2, 0.25) is 0 Å². The monoisotopic (exact) mass is 323 g/mol. The van der Waals surface area contributed by atoms with E-state index in [9.17, 15) is 4.79 Å². The summed E-state index contributed by atoms with van der Waals surface area (Å²) in [5.41, 5.74) is 3.44. The highest BCUT2D eigenvalue weighted by molar-refractivity contribution is 6.05. The number of aromatic nitrogens is 2. The van der Waals surface area contributed by atoms with Crippen LogP contribution in [0.1, 0.15) is 47.0 Å². The molecule has 0 bridgehead atoms. The van der Waals surface area contributed by atoms with E-state index in [1.807, 2.05) is 19.1 Å². The molecule has 24 heavy (non-hydrogen) atoms. The molecule has 0 atom stereocenters. The third-order valence-electron chi connectivity index (χ3n) is 4.65. The number of nitrogens with one attached hydrogen (secondary N) is 1. The van der Waals surface area contributed by atoms with Gasteiger partial charge in [-0.25, -0.2) is 4.98 Å². The molecule has 0 fully saturated rings. The van der Waals surface area contributed by atoms with Crippen molar-refractivity contribution in [1.82, 2.24) is 9.55 Å². The quantitative estimate of drug-likeness (QED) is 0.768. The Morgan fingerprint density at radius 1 is 1.21 bits per heavy atom. The van der Waals surface area contributed by atoms with Gasteiger partial charge in [-0.3, -0.25) is 4.79 Å². The van der Waals surface area contributed by atoms with Crippen LogP contribution in [-0.4, -0.2) is 15.5 Å². The Hall–Kier alpha value is -2.56. The number of furan rings is 1. The van der Waals surface area contributed by atoms with E-state index >= 15 is 0 Å². The van der Waals surface area contributed by atoms with Crippen LogP contribution in [0.3, 0.4) is 0 Å². The molecule has 0 spiro atoms. The molecule has 1 aliphatic heterocycles. The Bertz CT molecular complexity index is 920.